The summed E-state index contributed by atoms with van der Waals surface area (Å²) in [5.74, 6) is -0.430. The molecule has 1 spiro atoms. The standard InChI is InChI=1S/C13H19N3O3S/c1-14-9-2-4-13(18-6-7-19-13)8-10(9)20-12-15-5-3-11(17)16-12/h3,5,9-10,14H,2,4,6-8H2,1H3,(H,15,16,17). The predicted molar refractivity (Wildman–Crippen MR) is 75.8 cm³/mol. The van der Waals surface area contributed by atoms with Crippen LogP contribution in [0.15, 0.2) is 22.2 Å². The first-order valence-electron chi connectivity index (χ1n) is 6.88. The third-order valence-corrected chi connectivity index (χ3v) is 5.12. The predicted octanol–water partition coefficient (Wildman–Crippen LogP) is 0.746. The van der Waals surface area contributed by atoms with Crippen LogP contribution >= 0.6 is 11.8 Å². The number of aromatic nitrogens is 2. The van der Waals surface area contributed by atoms with E-state index >= 15 is 0 Å². The molecule has 2 N–H and O–H groups in total. The second-order valence-electron chi connectivity index (χ2n) is 5.14. The lowest BCUT2D eigenvalue weighted by molar-refractivity contribution is -0.177. The van der Waals surface area contributed by atoms with Crippen molar-refractivity contribution < 1.29 is 9.47 Å². The van der Waals surface area contributed by atoms with Crippen molar-refractivity contribution in [3.8, 4) is 0 Å². The van der Waals surface area contributed by atoms with Gasteiger partial charge in [0.1, 0.15) is 0 Å². The summed E-state index contributed by atoms with van der Waals surface area (Å²) in [5, 5.41) is 4.26. The summed E-state index contributed by atoms with van der Waals surface area (Å²) in [4.78, 5) is 18.3. The van der Waals surface area contributed by atoms with Gasteiger partial charge < -0.3 is 19.8 Å². The fourth-order valence-corrected chi connectivity index (χ4v) is 4.22. The molecule has 0 bridgehead atoms. The molecule has 2 atom stereocenters. The SMILES string of the molecule is CNC1CCC2(CC1Sc1nccc(=O)[nH]1)OCCO2. The molecule has 2 unspecified atom stereocenters. The van der Waals surface area contributed by atoms with Gasteiger partial charge in [-0.15, -0.1) is 0 Å². The van der Waals surface area contributed by atoms with E-state index in [2.05, 4.69) is 15.3 Å². The zero-order valence-electron chi connectivity index (χ0n) is 11.4. The Hall–Kier alpha value is -0.890. The van der Waals surface area contributed by atoms with Crippen molar-refractivity contribution in [3.63, 3.8) is 0 Å². The molecular formula is C13H19N3O3S. The van der Waals surface area contributed by atoms with Crippen LogP contribution in [0.25, 0.3) is 0 Å². The lowest BCUT2D eigenvalue weighted by Crippen LogP contribution is -2.48. The van der Waals surface area contributed by atoms with E-state index in [0.29, 0.717) is 24.4 Å². The largest absolute Gasteiger partial charge is 0.347 e. The minimum absolute atomic E-state index is 0.123. The summed E-state index contributed by atoms with van der Waals surface area (Å²) >= 11 is 1.58. The number of nitrogens with zero attached hydrogens (tertiary/aromatic N) is 1. The van der Waals surface area contributed by atoms with E-state index in [4.69, 9.17) is 9.47 Å². The second-order valence-corrected chi connectivity index (χ2v) is 6.37. The lowest BCUT2D eigenvalue weighted by atomic mass is 9.89. The van der Waals surface area contributed by atoms with Gasteiger partial charge in [0, 0.05) is 36.4 Å². The molecule has 6 nitrogen and oxygen atoms in total. The van der Waals surface area contributed by atoms with Gasteiger partial charge in [-0.25, -0.2) is 4.98 Å². The van der Waals surface area contributed by atoms with Gasteiger partial charge in [0.25, 0.3) is 5.56 Å². The molecule has 1 aromatic heterocycles. The highest BCUT2D eigenvalue weighted by atomic mass is 32.2. The summed E-state index contributed by atoms with van der Waals surface area (Å²) in [6.07, 6.45) is 4.25. The van der Waals surface area contributed by atoms with Gasteiger partial charge in [-0.05, 0) is 13.5 Å². The first kappa shape index (κ1) is 14.1. The molecule has 1 aliphatic carbocycles. The molecule has 2 fully saturated rings. The average Bonchev–Trinajstić information content (AvgIpc) is 2.87. The molecule has 2 aliphatic rings. The van der Waals surface area contributed by atoms with Crippen molar-refractivity contribution in [2.24, 2.45) is 0 Å². The van der Waals surface area contributed by atoms with E-state index < -0.39 is 5.79 Å². The van der Waals surface area contributed by atoms with Crippen molar-refractivity contribution in [3.05, 3.63) is 22.6 Å². The summed E-state index contributed by atoms with van der Waals surface area (Å²) in [7, 11) is 1.97. The second kappa shape index (κ2) is 5.85. The van der Waals surface area contributed by atoms with E-state index in [-0.39, 0.29) is 10.8 Å². The zero-order chi connectivity index (χ0) is 14.0. The minimum Gasteiger partial charge on any atom is -0.347 e. The Kier molecular flexibility index (Phi) is 4.11. The molecule has 0 radical (unpaired) electrons. The van der Waals surface area contributed by atoms with E-state index in [1.165, 1.54) is 12.3 Å². The number of hydrogen-bond donors (Lipinski definition) is 2. The van der Waals surface area contributed by atoms with Crippen molar-refractivity contribution in [1.29, 1.82) is 0 Å². The smallest absolute Gasteiger partial charge is 0.251 e. The molecule has 1 saturated carbocycles. The Labute approximate surface area is 121 Å². The Morgan fingerprint density at radius 3 is 3.00 bits per heavy atom. The summed E-state index contributed by atoms with van der Waals surface area (Å²) < 4.78 is 11.6. The van der Waals surface area contributed by atoms with Gasteiger partial charge in [-0.2, -0.15) is 0 Å². The van der Waals surface area contributed by atoms with Gasteiger partial charge in [-0.3, -0.25) is 4.79 Å². The van der Waals surface area contributed by atoms with E-state index in [9.17, 15) is 4.79 Å². The molecule has 0 aromatic carbocycles. The normalized spacial score (nSPS) is 28.9. The van der Waals surface area contributed by atoms with Crippen molar-refractivity contribution in [2.45, 2.75) is 41.5 Å². The van der Waals surface area contributed by atoms with Crippen LogP contribution < -0.4 is 10.9 Å². The van der Waals surface area contributed by atoms with Crippen molar-refractivity contribution >= 4 is 11.8 Å². The Bertz CT molecular complexity index is 516. The number of nitrogens with one attached hydrogen (secondary N) is 2. The van der Waals surface area contributed by atoms with Gasteiger partial charge >= 0.3 is 0 Å². The van der Waals surface area contributed by atoms with Crippen molar-refractivity contribution in [1.82, 2.24) is 15.3 Å². The monoisotopic (exact) mass is 297 g/mol. The minimum atomic E-state index is -0.430. The number of ether oxygens (including phenoxy) is 2. The Balaban J connectivity index is 1.75. The average molecular weight is 297 g/mol. The highest BCUT2D eigenvalue weighted by Crippen LogP contribution is 2.41. The summed E-state index contributed by atoms with van der Waals surface area (Å²) in [6, 6.07) is 1.79. The maximum Gasteiger partial charge on any atom is 0.251 e. The highest BCUT2D eigenvalue weighted by Gasteiger charge is 2.45. The lowest BCUT2D eigenvalue weighted by Gasteiger charge is -2.40. The Morgan fingerprint density at radius 1 is 1.50 bits per heavy atom. The van der Waals surface area contributed by atoms with Crippen LogP contribution in [0, 0.1) is 0 Å². The van der Waals surface area contributed by atoms with Gasteiger partial charge in [-0.1, -0.05) is 11.8 Å². The third kappa shape index (κ3) is 2.90. The molecule has 20 heavy (non-hydrogen) atoms. The quantitative estimate of drug-likeness (QED) is 0.802. The third-order valence-electron chi connectivity index (χ3n) is 3.89. The highest BCUT2D eigenvalue weighted by molar-refractivity contribution is 7.99. The molecule has 0 amide bonds. The Morgan fingerprint density at radius 2 is 2.30 bits per heavy atom. The van der Waals surface area contributed by atoms with Crippen LogP contribution in [0.5, 0.6) is 0 Å². The van der Waals surface area contributed by atoms with Crippen LogP contribution in [0.2, 0.25) is 0 Å². The van der Waals surface area contributed by atoms with Crippen LogP contribution in [0.4, 0.5) is 0 Å². The number of aromatic amines is 1. The number of hydrogen-bond acceptors (Lipinski definition) is 6. The van der Waals surface area contributed by atoms with Crippen molar-refractivity contribution in [2.75, 3.05) is 20.3 Å². The topological polar surface area (TPSA) is 76.2 Å². The molecule has 1 aliphatic heterocycles. The van der Waals surface area contributed by atoms with Crippen LogP contribution in [-0.2, 0) is 9.47 Å². The van der Waals surface area contributed by atoms with Crippen LogP contribution in [0.3, 0.4) is 0 Å². The molecule has 1 saturated heterocycles. The number of thioether (sulfide) groups is 1. The zero-order valence-corrected chi connectivity index (χ0v) is 12.2. The molecule has 110 valence electrons. The fourth-order valence-electron chi connectivity index (χ4n) is 2.88. The summed E-state index contributed by atoms with van der Waals surface area (Å²) in [6.45, 7) is 1.34. The van der Waals surface area contributed by atoms with E-state index in [1.54, 1.807) is 11.8 Å². The maximum atomic E-state index is 11.4. The van der Waals surface area contributed by atoms with E-state index in [0.717, 1.165) is 19.3 Å². The first-order valence-corrected chi connectivity index (χ1v) is 7.76. The molecular weight excluding hydrogens is 278 g/mol. The number of H-pyrrole nitrogens is 1. The van der Waals surface area contributed by atoms with Gasteiger partial charge in [0.2, 0.25) is 0 Å². The van der Waals surface area contributed by atoms with Gasteiger partial charge in [0.05, 0.1) is 13.2 Å². The van der Waals surface area contributed by atoms with E-state index in [1.807, 2.05) is 7.05 Å². The maximum absolute atomic E-state index is 11.4. The molecule has 1 aromatic rings. The number of rotatable bonds is 3. The molecule has 7 heteroatoms. The summed E-state index contributed by atoms with van der Waals surface area (Å²) in [5.41, 5.74) is -0.123. The molecule has 2 heterocycles. The first-order chi connectivity index (χ1) is 9.71. The molecule has 3 rings (SSSR count). The fraction of sp³-hybridized carbons (Fsp3) is 0.692. The van der Waals surface area contributed by atoms with Gasteiger partial charge in [0.15, 0.2) is 10.9 Å². The van der Waals surface area contributed by atoms with Crippen LogP contribution in [0.1, 0.15) is 19.3 Å². The van der Waals surface area contributed by atoms with Crippen LogP contribution in [-0.4, -0.2) is 47.3 Å².